The van der Waals surface area contributed by atoms with E-state index in [-0.39, 0.29) is 18.6 Å². The third kappa shape index (κ3) is 5.01. The first-order valence-corrected chi connectivity index (χ1v) is 9.20. The Morgan fingerprint density at radius 1 is 1.38 bits per heavy atom. The third-order valence-corrected chi connectivity index (χ3v) is 5.00. The summed E-state index contributed by atoms with van der Waals surface area (Å²) in [6, 6.07) is 7.95. The summed E-state index contributed by atoms with van der Waals surface area (Å²) >= 11 is 0. The summed E-state index contributed by atoms with van der Waals surface area (Å²) in [5, 5.41) is 8.63. The predicted octanol–water partition coefficient (Wildman–Crippen LogP) is 4.04. The molecule has 0 N–H and O–H groups in total. The van der Waals surface area contributed by atoms with Crippen molar-refractivity contribution in [2.45, 2.75) is 52.1 Å². The van der Waals surface area contributed by atoms with Crippen LogP contribution in [0.25, 0.3) is 6.08 Å². The second-order valence-electron chi connectivity index (χ2n) is 6.79. The maximum Gasteiger partial charge on any atom is 0.247 e. The quantitative estimate of drug-likeness (QED) is 0.627. The molecule has 0 saturated heterocycles. The fourth-order valence-electron chi connectivity index (χ4n) is 2.95. The molecule has 0 heterocycles. The highest BCUT2D eigenvalue weighted by atomic mass is 16.5. The van der Waals surface area contributed by atoms with Gasteiger partial charge in [-0.15, -0.1) is 0 Å². The second kappa shape index (κ2) is 9.28. The monoisotopic (exact) mass is 356 g/mol. The molecular formula is C21H28N2O3. The van der Waals surface area contributed by atoms with E-state index in [1.807, 2.05) is 17.0 Å². The molecule has 140 valence electrons. The van der Waals surface area contributed by atoms with Gasteiger partial charge in [-0.05, 0) is 49.5 Å². The van der Waals surface area contributed by atoms with Crippen LogP contribution in [0.3, 0.4) is 0 Å². The number of nitrogens with zero attached hydrogens (tertiary/aromatic N) is 2. The van der Waals surface area contributed by atoms with Crippen LogP contribution in [0.2, 0.25) is 0 Å². The average molecular weight is 356 g/mol. The van der Waals surface area contributed by atoms with Gasteiger partial charge >= 0.3 is 0 Å². The van der Waals surface area contributed by atoms with E-state index in [9.17, 15) is 4.79 Å². The van der Waals surface area contributed by atoms with Crippen molar-refractivity contribution in [3.8, 4) is 17.6 Å². The van der Waals surface area contributed by atoms with Crippen LogP contribution in [0, 0.1) is 17.2 Å². The third-order valence-electron chi connectivity index (χ3n) is 5.00. The van der Waals surface area contributed by atoms with Crippen molar-refractivity contribution in [1.82, 2.24) is 4.90 Å². The number of nitriles is 1. The van der Waals surface area contributed by atoms with Gasteiger partial charge in [0.25, 0.3) is 0 Å². The van der Waals surface area contributed by atoms with Crippen LogP contribution in [0.4, 0.5) is 0 Å². The summed E-state index contributed by atoms with van der Waals surface area (Å²) in [7, 11) is 1.55. The van der Waals surface area contributed by atoms with Crippen LogP contribution in [0.5, 0.6) is 11.5 Å². The van der Waals surface area contributed by atoms with Gasteiger partial charge in [-0.2, -0.15) is 5.26 Å². The second-order valence-corrected chi connectivity index (χ2v) is 6.79. The number of benzene rings is 1. The molecule has 0 bridgehead atoms. The summed E-state index contributed by atoms with van der Waals surface area (Å²) in [4.78, 5) is 14.8. The van der Waals surface area contributed by atoms with Crippen molar-refractivity contribution in [3.05, 3.63) is 29.8 Å². The molecule has 1 fully saturated rings. The smallest absolute Gasteiger partial charge is 0.247 e. The fourth-order valence-corrected chi connectivity index (χ4v) is 2.95. The molecule has 1 amide bonds. The number of ether oxygens (including phenoxy) is 2. The lowest BCUT2D eigenvalue weighted by molar-refractivity contribution is -0.129. The molecule has 2 rings (SSSR count). The summed E-state index contributed by atoms with van der Waals surface area (Å²) in [5.41, 5.74) is 0.853. The Morgan fingerprint density at radius 3 is 2.69 bits per heavy atom. The molecule has 5 nitrogen and oxygen atoms in total. The zero-order valence-corrected chi connectivity index (χ0v) is 16.1. The van der Waals surface area contributed by atoms with E-state index in [0.717, 1.165) is 24.8 Å². The number of carbonyl (C=O) groups excluding carboxylic acids is 1. The highest BCUT2D eigenvalue weighted by Gasteiger charge is 2.36. The van der Waals surface area contributed by atoms with Gasteiger partial charge in [0.05, 0.1) is 7.11 Å². The minimum Gasteiger partial charge on any atom is -0.493 e. The lowest BCUT2D eigenvalue weighted by Crippen LogP contribution is -2.42. The average Bonchev–Trinajstić information content (AvgIpc) is 3.49. The summed E-state index contributed by atoms with van der Waals surface area (Å²) in [6.45, 7) is 6.47. The Hall–Kier alpha value is -2.48. The van der Waals surface area contributed by atoms with Gasteiger partial charge < -0.3 is 14.4 Å². The number of methoxy groups -OCH3 is 1. The molecule has 1 aliphatic rings. The van der Waals surface area contributed by atoms with Crippen molar-refractivity contribution in [2.24, 2.45) is 5.92 Å². The Morgan fingerprint density at radius 2 is 2.12 bits per heavy atom. The van der Waals surface area contributed by atoms with Crippen molar-refractivity contribution in [1.29, 1.82) is 5.26 Å². The van der Waals surface area contributed by atoms with Crippen LogP contribution in [-0.4, -0.2) is 36.6 Å². The standard InChI is InChI=1S/C21H28N2O3/c1-5-15(2)16(3)23(18-8-9-18)21(24)11-7-17-6-10-19(26-13-12-22)20(14-17)25-4/h6-7,10-11,14-16,18H,5,8-9,13H2,1-4H3. The molecule has 1 aliphatic carbocycles. The lowest BCUT2D eigenvalue weighted by atomic mass is 9.99. The van der Waals surface area contributed by atoms with Crippen LogP contribution in [0.15, 0.2) is 24.3 Å². The molecule has 0 radical (unpaired) electrons. The number of hydrogen-bond acceptors (Lipinski definition) is 4. The maximum absolute atomic E-state index is 12.8. The normalized spacial score (nSPS) is 16.0. The predicted molar refractivity (Wildman–Crippen MR) is 102 cm³/mol. The summed E-state index contributed by atoms with van der Waals surface area (Å²) in [5.74, 6) is 1.60. The molecule has 0 aromatic heterocycles. The Labute approximate surface area is 156 Å². The van der Waals surface area contributed by atoms with Crippen molar-refractivity contribution < 1.29 is 14.3 Å². The van der Waals surface area contributed by atoms with Gasteiger partial charge in [-0.1, -0.05) is 26.3 Å². The highest BCUT2D eigenvalue weighted by molar-refractivity contribution is 5.92. The van der Waals surface area contributed by atoms with E-state index < -0.39 is 0 Å². The number of hydrogen-bond donors (Lipinski definition) is 0. The molecular weight excluding hydrogens is 328 g/mol. The zero-order chi connectivity index (χ0) is 19.1. The van der Waals surface area contributed by atoms with E-state index in [4.69, 9.17) is 14.7 Å². The fraction of sp³-hybridized carbons (Fsp3) is 0.524. The van der Waals surface area contributed by atoms with Crippen molar-refractivity contribution in [3.63, 3.8) is 0 Å². The first kappa shape index (κ1) is 19.8. The van der Waals surface area contributed by atoms with Gasteiger partial charge in [0.2, 0.25) is 5.91 Å². The van der Waals surface area contributed by atoms with E-state index in [0.29, 0.717) is 23.5 Å². The first-order chi connectivity index (χ1) is 12.5. The molecule has 1 aromatic carbocycles. The highest BCUT2D eigenvalue weighted by Crippen LogP contribution is 2.32. The van der Waals surface area contributed by atoms with E-state index in [1.54, 1.807) is 31.4 Å². The summed E-state index contributed by atoms with van der Waals surface area (Å²) < 4.78 is 10.6. The largest absolute Gasteiger partial charge is 0.493 e. The van der Waals surface area contributed by atoms with Crippen LogP contribution < -0.4 is 9.47 Å². The van der Waals surface area contributed by atoms with Crippen LogP contribution >= 0.6 is 0 Å². The lowest BCUT2D eigenvalue weighted by Gasteiger charge is -2.32. The van der Waals surface area contributed by atoms with Gasteiger partial charge in [0.15, 0.2) is 18.1 Å². The van der Waals surface area contributed by atoms with Crippen molar-refractivity contribution >= 4 is 12.0 Å². The molecule has 2 atom stereocenters. The minimum absolute atomic E-state index is 0.0338. The van der Waals surface area contributed by atoms with Gasteiger partial charge in [-0.3, -0.25) is 4.79 Å². The first-order valence-electron chi connectivity index (χ1n) is 9.20. The minimum atomic E-state index is -0.0338. The Balaban J connectivity index is 2.12. The topological polar surface area (TPSA) is 62.6 Å². The zero-order valence-electron chi connectivity index (χ0n) is 16.1. The molecule has 26 heavy (non-hydrogen) atoms. The molecule has 1 saturated carbocycles. The van der Waals surface area contributed by atoms with Crippen LogP contribution in [0.1, 0.15) is 45.6 Å². The number of amides is 1. The molecule has 0 aliphatic heterocycles. The van der Waals surface area contributed by atoms with Crippen LogP contribution in [-0.2, 0) is 4.79 Å². The number of carbonyl (C=O) groups is 1. The Kier molecular flexibility index (Phi) is 7.08. The van der Waals surface area contributed by atoms with Gasteiger partial charge in [0, 0.05) is 18.2 Å². The maximum atomic E-state index is 12.8. The Bertz CT molecular complexity index is 689. The summed E-state index contributed by atoms with van der Waals surface area (Å²) in [6.07, 6.45) is 6.69. The molecule has 0 spiro atoms. The molecule has 2 unspecified atom stereocenters. The SMILES string of the molecule is CCC(C)C(C)N(C(=O)C=Cc1ccc(OCC#N)c(OC)c1)C1CC1. The van der Waals surface area contributed by atoms with Gasteiger partial charge in [-0.25, -0.2) is 0 Å². The van der Waals surface area contributed by atoms with Crippen molar-refractivity contribution in [2.75, 3.05) is 13.7 Å². The van der Waals surface area contributed by atoms with E-state index in [2.05, 4.69) is 20.8 Å². The van der Waals surface area contributed by atoms with Gasteiger partial charge in [0.1, 0.15) is 6.07 Å². The number of rotatable bonds is 9. The molecule has 5 heteroatoms. The van der Waals surface area contributed by atoms with E-state index >= 15 is 0 Å². The molecule has 1 aromatic rings. The van der Waals surface area contributed by atoms with E-state index in [1.165, 1.54) is 0 Å².